The first-order valence-electron chi connectivity index (χ1n) is 8.46. The number of nitrogens with one attached hydrogen (secondary N) is 3. The van der Waals surface area contributed by atoms with Crippen molar-refractivity contribution in [2.45, 2.75) is 33.3 Å². The van der Waals surface area contributed by atoms with Crippen molar-refractivity contribution in [3.8, 4) is 0 Å². The summed E-state index contributed by atoms with van der Waals surface area (Å²) in [6, 6.07) is 6.69. The summed E-state index contributed by atoms with van der Waals surface area (Å²) >= 11 is 0. The Morgan fingerprint density at radius 2 is 1.62 bits per heavy atom. The molecule has 26 heavy (non-hydrogen) atoms. The molecule has 0 saturated heterocycles. The smallest absolute Gasteiger partial charge is 0.407 e. The van der Waals surface area contributed by atoms with E-state index in [-0.39, 0.29) is 31.5 Å². The quantitative estimate of drug-likeness (QED) is 0.480. The van der Waals surface area contributed by atoms with E-state index in [4.69, 9.17) is 9.47 Å². The third kappa shape index (κ3) is 8.91. The molecule has 0 heterocycles. The SMILES string of the molecule is CCOC(=O)CNc1ccc(C(=O)NCCNC(=O)OC(C)(C)C)cc1. The highest BCUT2D eigenvalue weighted by Crippen LogP contribution is 2.09. The van der Waals surface area contributed by atoms with Gasteiger partial charge in [0.15, 0.2) is 0 Å². The summed E-state index contributed by atoms with van der Waals surface area (Å²) in [5.74, 6) is -0.597. The standard InChI is InChI=1S/C18H27N3O5/c1-5-25-15(22)12-21-14-8-6-13(7-9-14)16(23)19-10-11-20-17(24)26-18(2,3)4/h6-9,21H,5,10-12H2,1-4H3,(H,19,23)(H,20,24). The molecule has 8 nitrogen and oxygen atoms in total. The number of alkyl carbamates (subject to hydrolysis) is 1. The van der Waals surface area contributed by atoms with Crippen molar-refractivity contribution in [1.82, 2.24) is 10.6 Å². The third-order valence-electron chi connectivity index (χ3n) is 2.97. The molecule has 144 valence electrons. The molecule has 1 rings (SSSR count). The van der Waals surface area contributed by atoms with E-state index in [9.17, 15) is 14.4 Å². The minimum Gasteiger partial charge on any atom is -0.465 e. The van der Waals surface area contributed by atoms with Crippen LogP contribution < -0.4 is 16.0 Å². The number of ether oxygens (including phenoxy) is 2. The maximum Gasteiger partial charge on any atom is 0.407 e. The Morgan fingerprint density at radius 3 is 2.19 bits per heavy atom. The van der Waals surface area contributed by atoms with Gasteiger partial charge in [-0.2, -0.15) is 0 Å². The second kappa shape index (κ2) is 10.3. The van der Waals surface area contributed by atoms with Crippen LogP contribution in [0, 0.1) is 0 Å². The second-order valence-corrected chi connectivity index (χ2v) is 6.42. The molecule has 1 aromatic carbocycles. The predicted molar refractivity (Wildman–Crippen MR) is 98.1 cm³/mol. The van der Waals surface area contributed by atoms with Crippen molar-refractivity contribution in [2.75, 3.05) is 31.6 Å². The van der Waals surface area contributed by atoms with Gasteiger partial charge >= 0.3 is 12.1 Å². The molecule has 0 atom stereocenters. The van der Waals surface area contributed by atoms with Gasteiger partial charge in [-0.15, -0.1) is 0 Å². The highest BCUT2D eigenvalue weighted by atomic mass is 16.6. The van der Waals surface area contributed by atoms with Crippen LogP contribution in [0.15, 0.2) is 24.3 Å². The van der Waals surface area contributed by atoms with Crippen molar-refractivity contribution >= 4 is 23.7 Å². The molecule has 0 spiro atoms. The van der Waals surface area contributed by atoms with E-state index in [1.807, 2.05) is 0 Å². The number of hydrogen-bond acceptors (Lipinski definition) is 6. The van der Waals surface area contributed by atoms with Gasteiger partial charge in [0, 0.05) is 24.3 Å². The summed E-state index contributed by atoms with van der Waals surface area (Å²) in [5.41, 5.74) is 0.626. The van der Waals surface area contributed by atoms with E-state index in [1.54, 1.807) is 52.0 Å². The highest BCUT2D eigenvalue weighted by molar-refractivity contribution is 5.94. The lowest BCUT2D eigenvalue weighted by molar-refractivity contribution is -0.140. The first kappa shape index (κ1) is 21.3. The van der Waals surface area contributed by atoms with Crippen molar-refractivity contribution in [2.24, 2.45) is 0 Å². The van der Waals surface area contributed by atoms with Crippen molar-refractivity contribution in [3.63, 3.8) is 0 Å². The van der Waals surface area contributed by atoms with Crippen molar-refractivity contribution < 1.29 is 23.9 Å². The molecule has 1 aromatic rings. The number of rotatable bonds is 8. The van der Waals surface area contributed by atoms with Gasteiger partial charge in [-0.05, 0) is 52.0 Å². The Morgan fingerprint density at radius 1 is 1.00 bits per heavy atom. The Balaban J connectivity index is 2.32. The zero-order valence-electron chi connectivity index (χ0n) is 15.7. The number of esters is 1. The molecule has 0 aliphatic rings. The van der Waals surface area contributed by atoms with Crippen LogP contribution in [0.3, 0.4) is 0 Å². The summed E-state index contributed by atoms with van der Waals surface area (Å²) in [7, 11) is 0. The normalized spacial score (nSPS) is 10.6. The molecular weight excluding hydrogens is 338 g/mol. The van der Waals surface area contributed by atoms with Crippen LogP contribution in [0.2, 0.25) is 0 Å². The highest BCUT2D eigenvalue weighted by Gasteiger charge is 2.15. The molecule has 0 fully saturated rings. The van der Waals surface area contributed by atoms with Gasteiger partial charge in [0.05, 0.1) is 6.61 Å². The fraction of sp³-hybridized carbons (Fsp3) is 0.500. The minimum absolute atomic E-state index is 0.0652. The molecule has 2 amide bonds. The molecule has 0 aliphatic carbocycles. The van der Waals surface area contributed by atoms with Gasteiger partial charge in [0.1, 0.15) is 12.1 Å². The molecule has 0 saturated carbocycles. The fourth-order valence-electron chi connectivity index (χ4n) is 1.88. The van der Waals surface area contributed by atoms with Crippen LogP contribution >= 0.6 is 0 Å². The predicted octanol–water partition coefficient (Wildman–Crippen LogP) is 1.92. The number of benzene rings is 1. The summed E-state index contributed by atoms with van der Waals surface area (Å²) in [4.78, 5) is 34.8. The van der Waals surface area contributed by atoms with Crippen molar-refractivity contribution in [3.05, 3.63) is 29.8 Å². The Bertz CT molecular complexity index is 608. The van der Waals surface area contributed by atoms with E-state index in [1.165, 1.54) is 0 Å². The number of carbonyl (C=O) groups excluding carboxylic acids is 3. The van der Waals surface area contributed by atoms with E-state index >= 15 is 0 Å². The van der Waals surface area contributed by atoms with Gasteiger partial charge in [-0.3, -0.25) is 9.59 Å². The van der Waals surface area contributed by atoms with Crippen LogP contribution in [-0.2, 0) is 14.3 Å². The van der Waals surface area contributed by atoms with Gasteiger partial charge in [-0.1, -0.05) is 0 Å². The zero-order valence-corrected chi connectivity index (χ0v) is 15.7. The molecular formula is C18H27N3O5. The van der Waals surface area contributed by atoms with Crippen LogP contribution in [0.4, 0.5) is 10.5 Å². The van der Waals surface area contributed by atoms with E-state index < -0.39 is 11.7 Å². The summed E-state index contributed by atoms with van der Waals surface area (Å²) in [6.45, 7) is 8.02. The van der Waals surface area contributed by atoms with Gasteiger partial charge in [-0.25, -0.2) is 4.79 Å². The Labute approximate surface area is 153 Å². The maximum atomic E-state index is 12.0. The summed E-state index contributed by atoms with van der Waals surface area (Å²) < 4.78 is 9.91. The lowest BCUT2D eigenvalue weighted by Gasteiger charge is -2.19. The monoisotopic (exact) mass is 365 g/mol. The van der Waals surface area contributed by atoms with E-state index in [0.29, 0.717) is 17.9 Å². The number of carbonyl (C=O) groups is 3. The first-order chi connectivity index (χ1) is 12.2. The Kier molecular flexibility index (Phi) is 8.41. The van der Waals surface area contributed by atoms with Crippen LogP contribution in [-0.4, -0.2) is 49.8 Å². The van der Waals surface area contributed by atoms with E-state index in [2.05, 4.69) is 16.0 Å². The van der Waals surface area contributed by atoms with Gasteiger partial charge in [0.2, 0.25) is 0 Å². The Hall–Kier alpha value is -2.77. The molecule has 0 bridgehead atoms. The van der Waals surface area contributed by atoms with Gasteiger partial charge in [0.25, 0.3) is 5.91 Å². The zero-order chi connectivity index (χ0) is 19.6. The van der Waals surface area contributed by atoms with Crippen LogP contribution in [0.25, 0.3) is 0 Å². The maximum absolute atomic E-state index is 12.0. The molecule has 8 heteroatoms. The summed E-state index contributed by atoms with van der Waals surface area (Å²) in [6.07, 6.45) is -0.524. The van der Waals surface area contributed by atoms with Crippen molar-refractivity contribution in [1.29, 1.82) is 0 Å². The van der Waals surface area contributed by atoms with Crippen LogP contribution in [0.5, 0.6) is 0 Å². The number of hydrogen-bond donors (Lipinski definition) is 3. The summed E-state index contributed by atoms with van der Waals surface area (Å²) in [5, 5.41) is 8.17. The number of amides is 2. The first-order valence-corrected chi connectivity index (χ1v) is 8.46. The third-order valence-corrected chi connectivity index (χ3v) is 2.97. The molecule has 0 aliphatic heterocycles. The molecule has 3 N–H and O–H groups in total. The molecule has 0 aromatic heterocycles. The topological polar surface area (TPSA) is 106 Å². The largest absolute Gasteiger partial charge is 0.465 e. The van der Waals surface area contributed by atoms with Gasteiger partial charge < -0.3 is 25.4 Å². The number of anilines is 1. The minimum atomic E-state index is -0.559. The molecule has 0 radical (unpaired) electrons. The molecule has 0 unspecified atom stereocenters. The fourth-order valence-corrected chi connectivity index (χ4v) is 1.88. The lowest BCUT2D eigenvalue weighted by Crippen LogP contribution is -2.37. The van der Waals surface area contributed by atoms with E-state index in [0.717, 1.165) is 0 Å². The average molecular weight is 365 g/mol. The second-order valence-electron chi connectivity index (χ2n) is 6.42. The lowest BCUT2D eigenvalue weighted by atomic mass is 10.2. The van der Waals surface area contributed by atoms with Crippen LogP contribution in [0.1, 0.15) is 38.1 Å². The average Bonchev–Trinajstić information content (AvgIpc) is 2.56.